The van der Waals surface area contributed by atoms with Crippen LogP contribution in [0.5, 0.6) is 0 Å². The first-order valence-corrected chi connectivity index (χ1v) is 6.50. The van der Waals surface area contributed by atoms with Gasteiger partial charge < -0.3 is 15.0 Å². The van der Waals surface area contributed by atoms with Crippen molar-refractivity contribution < 1.29 is 14.5 Å². The molecule has 0 unspecified atom stereocenters. The van der Waals surface area contributed by atoms with Crippen LogP contribution in [0.15, 0.2) is 24.3 Å². The number of carbonyl (C=O) groups excluding carboxylic acids is 1. The molecule has 7 heteroatoms. The van der Waals surface area contributed by atoms with Crippen LogP contribution >= 0.6 is 0 Å². The van der Waals surface area contributed by atoms with Gasteiger partial charge >= 0.3 is 6.03 Å². The molecular weight excluding hydrogens is 262 g/mol. The minimum Gasteiger partial charge on any atom is -0.378 e. The molecule has 1 saturated heterocycles. The Morgan fingerprint density at radius 1 is 1.35 bits per heavy atom. The molecule has 1 N–H and O–H groups in total. The number of nitrogens with zero attached hydrogens (tertiary/aromatic N) is 2. The van der Waals surface area contributed by atoms with Gasteiger partial charge in [-0.15, -0.1) is 0 Å². The zero-order chi connectivity index (χ0) is 14.4. The highest BCUT2D eigenvalue weighted by Gasteiger charge is 2.17. The number of hydrogen-bond acceptors (Lipinski definition) is 4. The molecule has 0 spiro atoms. The minimum absolute atomic E-state index is 0.148. The van der Waals surface area contributed by atoms with Crippen LogP contribution in [0.1, 0.15) is 5.56 Å². The minimum atomic E-state index is -0.361. The molecule has 0 saturated carbocycles. The van der Waals surface area contributed by atoms with Gasteiger partial charge in [-0.05, 0) is 11.6 Å². The Morgan fingerprint density at radius 2 is 2.05 bits per heavy atom. The van der Waals surface area contributed by atoms with E-state index in [1.807, 2.05) is 0 Å². The number of benzene rings is 1. The van der Waals surface area contributed by atoms with Gasteiger partial charge in [0.1, 0.15) is 0 Å². The van der Waals surface area contributed by atoms with Gasteiger partial charge in [0.2, 0.25) is 6.54 Å². The number of morpholine rings is 1. The van der Waals surface area contributed by atoms with Gasteiger partial charge in [0.25, 0.3) is 0 Å². The lowest BCUT2D eigenvalue weighted by molar-refractivity contribution is -0.479. The Bertz CT molecular complexity index is 486. The van der Waals surface area contributed by atoms with Crippen molar-refractivity contribution in [3.05, 3.63) is 39.9 Å². The van der Waals surface area contributed by atoms with Gasteiger partial charge in [-0.1, -0.05) is 18.2 Å². The Balaban J connectivity index is 2.00. The van der Waals surface area contributed by atoms with Gasteiger partial charge in [-0.25, -0.2) is 4.79 Å². The van der Waals surface area contributed by atoms with Crippen molar-refractivity contribution in [2.24, 2.45) is 0 Å². The van der Waals surface area contributed by atoms with Gasteiger partial charge in [-0.2, -0.15) is 0 Å². The van der Waals surface area contributed by atoms with Gasteiger partial charge in [0.05, 0.1) is 13.2 Å². The van der Waals surface area contributed by atoms with E-state index in [4.69, 9.17) is 4.74 Å². The van der Waals surface area contributed by atoms with Crippen molar-refractivity contribution >= 4 is 11.7 Å². The van der Waals surface area contributed by atoms with Crippen LogP contribution in [-0.2, 0) is 11.2 Å². The van der Waals surface area contributed by atoms with E-state index >= 15 is 0 Å². The molecule has 0 aliphatic carbocycles. The first-order valence-electron chi connectivity index (χ1n) is 6.50. The van der Waals surface area contributed by atoms with Crippen molar-refractivity contribution in [1.29, 1.82) is 0 Å². The third-order valence-corrected chi connectivity index (χ3v) is 3.12. The average molecular weight is 279 g/mol. The van der Waals surface area contributed by atoms with Crippen LogP contribution in [0.25, 0.3) is 0 Å². The second kappa shape index (κ2) is 6.85. The Morgan fingerprint density at radius 3 is 2.75 bits per heavy atom. The monoisotopic (exact) mass is 279 g/mol. The van der Waals surface area contributed by atoms with E-state index in [1.54, 1.807) is 29.2 Å². The molecule has 1 fully saturated rings. The number of anilines is 1. The number of urea groups is 1. The first-order chi connectivity index (χ1) is 9.66. The second-order valence-electron chi connectivity index (χ2n) is 4.49. The molecule has 1 heterocycles. The predicted octanol–water partition coefficient (Wildman–Crippen LogP) is 1.37. The third kappa shape index (κ3) is 3.92. The molecule has 2 rings (SSSR count). The van der Waals surface area contributed by atoms with Crippen molar-refractivity contribution in [2.75, 3.05) is 38.2 Å². The first kappa shape index (κ1) is 14.3. The summed E-state index contributed by atoms with van der Waals surface area (Å²) >= 11 is 0. The maximum absolute atomic E-state index is 12.1. The Labute approximate surface area is 116 Å². The highest BCUT2D eigenvalue weighted by atomic mass is 16.6. The topological polar surface area (TPSA) is 84.7 Å². The van der Waals surface area contributed by atoms with E-state index in [0.29, 0.717) is 38.4 Å². The summed E-state index contributed by atoms with van der Waals surface area (Å²) in [6.07, 6.45) is 0.298. The highest BCUT2D eigenvalue weighted by Crippen LogP contribution is 2.16. The molecule has 1 aromatic carbocycles. The molecule has 0 bridgehead atoms. The summed E-state index contributed by atoms with van der Waals surface area (Å²) in [5.41, 5.74) is 1.40. The molecular formula is C13H17N3O4. The molecule has 0 aromatic heterocycles. The zero-order valence-electron chi connectivity index (χ0n) is 11.1. The summed E-state index contributed by atoms with van der Waals surface area (Å²) in [6, 6.07) is 6.96. The molecule has 1 aliphatic heterocycles. The summed E-state index contributed by atoms with van der Waals surface area (Å²) in [5.74, 6) is 0. The predicted molar refractivity (Wildman–Crippen MR) is 73.4 cm³/mol. The summed E-state index contributed by atoms with van der Waals surface area (Å²) in [4.78, 5) is 23.8. The van der Waals surface area contributed by atoms with Gasteiger partial charge in [-0.3, -0.25) is 10.1 Å². The summed E-state index contributed by atoms with van der Waals surface area (Å²) in [6.45, 7) is 2.04. The zero-order valence-corrected chi connectivity index (χ0v) is 11.1. The standard InChI is InChI=1S/C13H17N3O4/c17-13(15-7-9-20-10-8-15)14-12-4-2-1-3-11(12)5-6-16(18)19/h1-4H,5-10H2,(H,14,17). The number of para-hydroxylation sites is 1. The second-order valence-corrected chi connectivity index (χ2v) is 4.49. The molecule has 0 radical (unpaired) electrons. The lowest BCUT2D eigenvalue weighted by Gasteiger charge is -2.27. The van der Waals surface area contributed by atoms with Crippen LogP contribution in [0.4, 0.5) is 10.5 Å². The maximum atomic E-state index is 12.1. The SMILES string of the molecule is O=C(Nc1ccccc1CC[N+](=O)[O-])N1CCOCC1. The van der Waals surface area contributed by atoms with E-state index in [2.05, 4.69) is 5.32 Å². The smallest absolute Gasteiger partial charge is 0.322 e. The van der Waals surface area contributed by atoms with Gasteiger partial charge in [0.15, 0.2) is 0 Å². The quantitative estimate of drug-likeness (QED) is 0.666. The Kier molecular flexibility index (Phi) is 4.89. The van der Waals surface area contributed by atoms with Crippen LogP contribution in [0.3, 0.4) is 0 Å². The molecule has 108 valence electrons. The van der Waals surface area contributed by atoms with Crippen LogP contribution in [0, 0.1) is 10.1 Å². The molecule has 0 atom stereocenters. The highest BCUT2D eigenvalue weighted by molar-refractivity contribution is 5.90. The van der Waals surface area contributed by atoms with Crippen molar-refractivity contribution in [3.8, 4) is 0 Å². The van der Waals surface area contributed by atoms with Crippen LogP contribution in [-0.4, -0.2) is 48.7 Å². The number of hydrogen-bond donors (Lipinski definition) is 1. The molecule has 7 nitrogen and oxygen atoms in total. The number of nitrogens with one attached hydrogen (secondary N) is 1. The third-order valence-electron chi connectivity index (χ3n) is 3.12. The number of rotatable bonds is 4. The van der Waals surface area contributed by atoms with E-state index in [0.717, 1.165) is 5.56 Å². The van der Waals surface area contributed by atoms with Crippen LogP contribution < -0.4 is 5.32 Å². The molecule has 1 aliphatic rings. The fraction of sp³-hybridized carbons (Fsp3) is 0.462. The van der Waals surface area contributed by atoms with E-state index < -0.39 is 0 Å². The van der Waals surface area contributed by atoms with E-state index in [-0.39, 0.29) is 17.5 Å². The lowest BCUT2D eigenvalue weighted by Crippen LogP contribution is -2.43. The van der Waals surface area contributed by atoms with Gasteiger partial charge in [0, 0.05) is 30.1 Å². The normalized spacial score (nSPS) is 14.9. The average Bonchev–Trinajstić information content (AvgIpc) is 2.47. The fourth-order valence-electron chi connectivity index (χ4n) is 2.03. The molecule has 2 amide bonds. The molecule has 1 aromatic rings. The maximum Gasteiger partial charge on any atom is 0.322 e. The summed E-state index contributed by atoms with van der Waals surface area (Å²) < 4.78 is 5.19. The van der Waals surface area contributed by atoms with Crippen molar-refractivity contribution in [3.63, 3.8) is 0 Å². The summed E-state index contributed by atoms with van der Waals surface area (Å²) in [7, 11) is 0. The van der Waals surface area contributed by atoms with Crippen LogP contribution in [0.2, 0.25) is 0 Å². The number of carbonyl (C=O) groups is 1. The van der Waals surface area contributed by atoms with E-state index in [1.165, 1.54) is 0 Å². The summed E-state index contributed by atoms with van der Waals surface area (Å²) in [5, 5.41) is 13.3. The number of amides is 2. The number of nitro groups is 1. The lowest BCUT2D eigenvalue weighted by atomic mass is 10.1. The fourth-order valence-corrected chi connectivity index (χ4v) is 2.03. The largest absolute Gasteiger partial charge is 0.378 e. The Hall–Kier alpha value is -2.15. The van der Waals surface area contributed by atoms with Crippen molar-refractivity contribution in [1.82, 2.24) is 4.90 Å². The van der Waals surface area contributed by atoms with E-state index in [9.17, 15) is 14.9 Å². The van der Waals surface area contributed by atoms with Crippen molar-refractivity contribution in [2.45, 2.75) is 6.42 Å². The molecule has 20 heavy (non-hydrogen) atoms. The number of ether oxygens (including phenoxy) is 1.